The number of aryl methyl sites for hydroxylation is 1. The first-order chi connectivity index (χ1) is 11.7. The largest absolute Gasteiger partial charge is 0.454 e. The van der Waals surface area contributed by atoms with Gasteiger partial charge in [-0.3, -0.25) is 4.79 Å². The number of nitriles is 1. The molecule has 0 unspecified atom stereocenters. The highest BCUT2D eigenvalue weighted by molar-refractivity contribution is 6.01. The maximum absolute atomic E-state index is 12.2. The van der Waals surface area contributed by atoms with E-state index in [0.29, 0.717) is 23.6 Å². The molecule has 1 N–H and O–H groups in total. The maximum Gasteiger partial charge on any atom is 0.262 e. The molecular formula is C19H16N2O3. The standard InChI is InChI=1S/C19H16N2O3/c1-13-2-4-14(5-3-13)11-21-19(22)16(10-20)8-15-6-7-17-18(9-15)24-12-23-17/h2-9H,11-12H2,1H3,(H,21,22)/b16-8-. The van der Waals surface area contributed by atoms with Gasteiger partial charge < -0.3 is 14.8 Å². The molecule has 1 aliphatic rings. The van der Waals surface area contributed by atoms with Crippen molar-refractivity contribution in [1.82, 2.24) is 5.32 Å². The van der Waals surface area contributed by atoms with Crippen molar-refractivity contribution in [3.05, 3.63) is 64.7 Å². The number of nitrogens with one attached hydrogen (secondary N) is 1. The second kappa shape index (κ2) is 6.88. The summed E-state index contributed by atoms with van der Waals surface area (Å²) in [5, 5.41) is 12.0. The lowest BCUT2D eigenvalue weighted by atomic mass is 10.1. The fourth-order valence-electron chi connectivity index (χ4n) is 2.30. The lowest BCUT2D eigenvalue weighted by Crippen LogP contribution is -2.23. The molecule has 2 aromatic carbocycles. The molecule has 0 saturated heterocycles. The molecule has 120 valence electrons. The van der Waals surface area contributed by atoms with E-state index in [1.54, 1.807) is 18.2 Å². The van der Waals surface area contributed by atoms with E-state index in [9.17, 15) is 10.1 Å². The first-order valence-corrected chi connectivity index (χ1v) is 7.51. The van der Waals surface area contributed by atoms with Crippen LogP contribution < -0.4 is 14.8 Å². The fraction of sp³-hybridized carbons (Fsp3) is 0.158. The monoisotopic (exact) mass is 320 g/mol. The van der Waals surface area contributed by atoms with E-state index in [2.05, 4.69) is 5.32 Å². The van der Waals surface area contributed by atoms with Gasteiger partial charge in [0, 0.05) is 6.54 Å². The summed E-state index contributed by atoms with van der Waals surface area (Å²) in [4.78, 5) is 12.2. The SMILES string of the molecule is Cc1ccc(CNC(=O)/C(C#N)=C\c2ccc3c(c2)OCO3)cc1. The Hall–Kier alpha value is -3.26. The molecule has 0 aromatic heterocycles. The molecule has 1 heterocycles. The van der Waals surface area contributed by atoms with Crippen LogP contribution in [-0.2, 0) is 11.3 Å². The van der Waals surface area contributed by atoms with Gasteiger partial charge in [-0.25, -0.2) is 0 Å². The summed E-state index contributed by atoms with van der Waals surface area (Å²) >= 11 is 0. The summed E-state index contributed by atoms with van der Waals surface area (Å²) in [5.41, 5.74) is 2.89. The number of hydrogen-bond donors (Lipinski definition) is 1. The molecule has 5 nitrogen and oxygen atoms in total. The number of benzene rings is 2. The van der Waals surface area contributed by atoms with E-state index < -0.39 is 5.91 Å². The smallest absolute Gasteiger partial charge is 0.262 e. The minimum absolute atomic E-state index is 0.0426. The Morgan fingerprint density at radius 2 is 1.96 bits per heavy atom. The Bertz CT molecular complexity index is 833. The van der Waals surface area contributed by atoms with E-state index in [1.807, 2.05) is 37.3 Å². The summed E-state index contributed by atoms with van der Waals surface area (Å²) in [6, 6.07) is 15.1. The van der Waals surface area contributed by atoms with Crippen LogP contribution in [0.2, 0.25) is 0 Å². The highest BCUT2D eigenvalue weighted by atomic mass is 16.7. The van der Waals surface area contributed by atoms with Crippen molar-refractivity contribution >= 4 is 12.0 Å². The van der Waals surface area contributed by atoms with Crippen molar-refractivity contribution in [1.29, 1.82) is 5.26 Å². The Kier molecular flexibility index (Phi) is 4.48. The third kappa shape index (κ3) is 3.55. The number of hydrogen-bond acceptors (Lipinski definition) is 4. The zero-order valence-electron chi connectivity index (χ0n) is 13.2. The van der Waals surface area contributed by atoms with E-state index in [1.165, 1.54) is 6.08 Å². The van der Waals surface area contributed by atoms with E-state index in [0.717, 1.165) is 11.1 Å². The molecule has 0 fully saturated rings. The minimum Gasteiger partial charge on any atom is -0.454 e. The van der Waals surface area contributed by atoms with E-state index in [4.69, 9.17) is 9.47 Å². The van der Waals surface area contributed by atoms with Gasteiger partial charge in [-0.2, -0.15) is 5.26 Å². The first-order valence-electron chi connectivity index (χ1n) is 7.51. The molecule has 0 spiro atoms. The number of carbonyl (C=O) groups is 1. The van der Waals surface area contributed by atoms with Gasteiger partial charge in [0.1, 0.15) is 11.6 Å². The average molecular weight is 320 g/mol. The minimum atomic E-state index is -0.407. The van der Waals surface area contributed by atoms with Gasteiger partial charge in [0.15, 0.2) is 11.5 Å². The zero-order chi connectivity index (χ0) is 16.9. The third-order valence-corrected chi connectivity index (χ3v) is 3.65. The maximum atomic E-state index is 12.2. The van der Waals surface area contributed by atoms with Gasteiger partial charge in [-0.15, -0.1) is 0 Å². The molecule has 0 aliphatic carbocycles. The molecule has 0 atom stereocenters. The predicted octanol–water partition coefficient (Wildman–Crippen LogP) is 2.95. The van der Waals surface area contributed by atoms with Crippen molar-refractivity contribution in [2.24, 2.45) is 0 Å². The van der Waals surface area contributed by atoms with Crippen LogP contribution in [0.4, 0.5) is 0 Å². The Balaban J connectivity index is 1.69. The summed E-state index contributed by atoms with van der Waals surface area (Å²) in [6.45, 7) is 2.56. The molecule has 1 aliphatic heterocycles. The van der Waals surface area contributed by atoms with Crippen LogP contribution in [0.15, 0.2) is 48.0 Å². The van der Waals surface area contributed by atoms with Crippen LogP contribution in [0.3, 0.4) is 0 Å². The van der Waals surface area contributed by atoms with Crippen LogP contribution in [0.1, 0.15) is 16.7 Å². The van der Waals surface area contributed by atoms with Crippen molar-refractivity contribution in [2.75, 3.05) is 6.79 Å². The molecule has 0 saturated carbocycles. The molecule has 5 heteroatoms. The molecule has 24 heavy (non-hydrogen) atoms. The second-order valence-electron chi connectivity index (χ2n) is 5.45. The first kappa shape index (κ1) is 15.6. The fourth-order valence-corrected chi connectivity index (χ4v) is 2.30. The van der Waals surface area contributed by atoms with Gasteiger partial charge in [-0.1, -0.05) is 35.9 Å². The number of amides is 1. The second-order valence-corrected chi connectivity index (χ2v) is 5.45. The summed E-state index contributed by atoms with van der Waals surface area (Å²) in [6.07, 6.45) is 1.53. The Morgan fingerprint density at radius 3 is 2.71 bits per heavy atom. The number of rotatable bonds is 4. The van der Waals surface area contributed by atoms with E-state index >= 15 is 0 Å². The molecule has 0 bridgehead atoms. The topological polar surface area (TPSA) is 71.4 Å². The highest BCUT2D eigenvalue weighted by Gasteiger charge is 2.14. The number of fused-ring (bicyclic) bond motifs is 1. The van der Waals surface area contributed by atoms with Crippen molar-refractivity contribution in [3.8, 4) is 17.6 Å². The summed E-state index contributed by atoms with van der Waals surface area (Å²) in [5.74, 6) is 0.867. The predicted molar refractivity (Wildman–Crippen MR) is 89.2 cm³/mol. The van der Waals surface area contributed by atoms with Gasteiger partial charge in [0.2, 0.25) is 6.79 Å². The Labute approximate surface area is 140 Å². The van der Waals surface area contributed by atoms with Crippen LogP contribution in [-0.4, -0.2) is 12.7 Å². The van der Waals surface area contributed by atoms with E-state index in [-0.39, 0.29) is 12.4 Å². The molecule has 2 aromatic rings. The summed E-state index contributed by atoms with van der Waals surface area (Å²) < 4.78 is 10.5. The van der Waals surface area contributed by atoms with Gasteiger partial charge >= 0.3 is 0 Å². The average Bonchev–Trinajstić information content (AvgIpc) is 3.06. The van der Waals surface area contributed by atoms with Crippen molar-refractivity contribution < 1.29 is 14.3 Å². The Morgan fingerprint density at radius 1 is 1.21 bits per heavy atom. The molecule has 1 amide bonds. The van der Waals surface area contributed by atoms with Crippen LogP contribution in [0.25, 0.3) is 6.08 Å². The van der Waals surface area contributed by atoms with Crippen molar-refractivity contribution in [3.63, 3.8) is 0 Å². The lowest BCUT2D eigenvalue weighted by molar-refractivity contribution is -0.117. The molecule has 3 rings (SSSR count). The number of nitrogens with zero attached hydrogens (tertiary/aromatic N) is 1. The molecular weight excluding hydrogens is 304 g/mol. The van der Waals surface area contributed by atoms with Gasteiger partial charge in [0.25, 0.3) is 5.91 Å². The summed E-state index contributed by atoms with van der Waals surface area (Å²) in [7, 11) is 0. The van der Waals surface area contributed by atoms with Crippen molar-refractivity contribution in [2.45, 2.75) is 13.5 Å². The lowest BCUT2D eigenvalue weighted by Gasteiger charge is -2.05. The molecule has 0 radical (unpaired) electrons. The van der Waals surface area contributed by atoms with Crippen LogP contribution >= 0.6 is 0 Å². The van der Waals surface area contributed by atoms with Gasteiger partial charge in [-0.05, 0) is 36.3 Å². The number of carbonyl (C=O) groups excluding carboxylic acids is 1. The zero-order valence-corrected chi connectivity index (χ0v) is 13.2. The normalized spacial score (nSPS) is 12.6. The highest BCUT2D eigenvalue weighted by Crippen LogP contribution is 2.33. The van der Waals surface area contributed by atoms with Crippen LogP contribution in [0, 0.1) is 18.3 Å². The van der Waals surface area contributed by atoms with Gasteiger partial charge in [0.05, 0.1) is 0 Å². The number of ether oxygens (including phenoxy) is 2. The quantitative estimate of drug-likeness (QED) is 0.694. The third-order valence-electron chi connectivity index (χ3n) is 3.65. The van der Waals surface area contributed by atoms with Crippen LogP contribution in [0.5, 0.6) is 11.5 Å².